The monoisotopic (exact) mass is 600 g/mol. The summed E-state index contributed by atoms with van der Waals surface area (Å²) in [5.41, 5.74) is 0.464. The van der Waals surface area contributed by atoms with Crippen LogP contribution in [-0.2, 0) is 9.59 Å². The Labute approximate surface area is 232 Å². The Kier molecular flexibility index (Phi) is 8.55. The summed E-state index contributed by atoms with van der Waals surface area (Å²) < 4.78 is 22.8. The molecule has 0 bridgehead atoms. The SMILES string of the molecule is COc1cccc(OCCOc2c(Cl)cc(C=C3C(=O)NC(=O)N(c4ccc(Br)cc4)C3=O)cc2OC)c1. The Morgan fingerprint density at radius 1 is 0.921 bits per heavy atom. The van der Waals surface area contributed by atoms with Gasteiger partial charge in [0.1, 0.15) is 30.3 Å². The van der Waals surface area contributed by atoms with E-state index in [0.717, 1.165) is 9.37 Å². The van der Waals surface area contributed by atoms with Gasteiger partial charge in [0.25, 0.3) is 11.8 Å². The standard InChI is InChI=1S/C27H22BrClN2O7/c1-35-19-4-3-5-20(15-19)37-10-11-38-24-22(29)13-16(14-23(24)36-2)12-21-25(32)30-27(34)31(26(21)33)18-8-6-17(28)7-9-18/h3-9,12-15H,10-11H2,1-2H3,(H,30,32,34). The number of nitrogens with zero attached hydrogens (tertiary/aromatic N) is 1. The molecule has 9 nitrogen and oxygen atoms in total. The maximum absolute atomic E-state index is 13.1. The topological polar surface area (TPSA) is 103 Å². The number of amides is 4. The summed E-state index contributed by atoms with van der Waals surface area (Å²) in [6.45, 7) is 0.395. The molecule has 3 aromatic carbocycles. The van der Waals surface area contributed by atoms with Gasteiger partial charge < -0.3 is 18.9 Å². The number of hydrogen-bond donors (Lipinski definition) is 1. The number of imide groups is 2. The van der Waals surface area contributed by atoms with E-state index in [9.17, 15) is 14.4 Å². The van der Waals surface area contributed by atoms with Gasteiger partial charge in [-0.2, -0.15) is 0 Å². The molecule has 0 saturated carbocycles. The van der Waals surface area contributed by atoms with Crippen LogP contribution in [0.25, 0.3) is 6.08 Å². The van der Waals surface area contributed by atoms with Crippen molar-refractivity contribution in [3.63, 3.8) is 0 Å². The van der Waals surface area contributed by atoms with Gasteiger partial charge in [0, 0.05) is 10.5 Å². The summed E-state index contributed by atoms with van der Waals surface area (Å²) in [6, 6.07) is 16.0. The molecule has 1 aliphatic rings. The van der Waals surface area contributed by atoms with E-state index in [1.165, 1.54) is 19.3 Å². The molecule has 4 amide bonds. The van der Waals surface area contributed by atoms with Crippen molar-refractivity contribution in [1.29, 1.82) is 0 Å². The van der Waals surface area contributed by atoms with Crippen molar-refractivity contribution in [2.24, 2.45) is 0 Å². The lowest BCUT2D eigenvalue weighted by Gasteiger charge is -2.26. The van der Waals surface area contributed by atoms with E-state index < -0.39 is 17.8 Å². The molecule has 1 fully saturated rings. The lowest BCUT2D eigenvalue weighted by Crippen LogP contribution is -2.54. The van der Waals surface area contributed by atoms with E-state index >= 15 is 0 Å². The summed E-state index contributed by atoms with van der Waals surface area (Å²) in [4.78, 5) is 38.9. The molecule has 0 atom stereocenters. The van der Waals surface area contributed by atoms with Gasteiger partial charge >= 0.3 is 6.03 Å². The van der Waals surface area contributed by atoms with Gasteiger partial charge in [-0.15, -0.1) is 0 Å². The molecule has 3 aromatic rings. The molecule has 0 aliphatic carbocycles. The zero-order chi connectivity index (χ0) is 27.2. The smallest absolute Gasteiger partial charge is 0.335 e. The Morgan fingerprint density at radius 2 is 1.63 bits per heavy atom. The number of carbonyl (C=O) groups excluding carboxylic acids is 3. The minimum atomic E-state index is -0.838. The summed E-state index contributed by atoms with van der Waals surface area (Å²) in [5, 5.41) is 2.39. The average molecular weight is 602 g/mol. The Bertz CT molecular complexity index is 1410. The van der Waals surface area contributed by atoms with Crippen molar-refractivity contribution in [1.82, 2.24) is 5.32 Å². The van der Waals surface area contributed by atoms with Gasteiger partial charge in [0.05, 0.1) is 24.9 Å². The van der Waals surface area contributed by atoms with Gasteiger partial charge in [-0.05, 0) is 60.2 Å². The van der Waals surface area contributed by atoms with Crippen LogP contribution in [-0.4, -0.2) is 45.3 Å². The normalized spacial score (nSPS) is 14.4. The Morgan fingerprint density at radius 3 is 2.34 bits per heavy atom. The van der Waals surface area contributed by atoms with Gasteiger partial charge in [-0.3, -0.25) is 14.9 Å². The number of barbiturate groups is 1. The van der Waals surface area contributed by atoms with E-state index in [1.54, 1.807) is 49.6 Å². The fourth-order valence-corrected chi connectivity index (χ4v) is 4.14. The van der Waals surface area contributed by atoms with Crippen molar-refractivity contribution < 1.29 is 33.3 Å². The zero-order valence-corrected chi connectivity index (χ0v) is 22.7. The van der Waals surface area contributed by atoms with Crippen molar-refractivity contribution in [2.75, 3.05) is 32.3 Å². The second kappa shape index (κ2) is 12.0. The molecule has 1 aliphatic heterocycles. The molecular weight excluding hydrogens is 580 g/mol. The van der Waals surface area contributed by atoms with Crippen LogP contribution in [0.1, 0.15) is 5.56 Å². The van der Waals surface area contributed by atoms with Crippen LogP contribution >= 0.6 is 27.5 Å². The fourth-order valence-electron chi connectivity index (χ4n) is 3.61. The van der Waals surface area contributed by atoms with Crippen LogP contribution in [0.15, 0.2) is 70.7 Å². The maximum Gasteiger partial charge on any atom is 0.335 e. The van der Waals surface area contributed by atoms with E-state index in [4.69, 9.17) is 30.5 Å². The molecule has 0 radical (unpaired) electrons. The largest absolute Gasteiger partial charge is 0.497 e. The number of carbonyl (C=O) groups is 3. The van der Waals surface area contributed by atoms with E-state index in [0.29, 0.717) is 22.7 Å². The first-order chi connectivity index (χ1) is 18.3. The first-order valence-corrected chi connectivity index (χ1v) is 12.4. The number of anilines is 1. The number of hydrogen-bond acceptors (Lipinski definition) is 7. The van der Waals surface area contributed by atoms with E-state index in [-0.39, 0.29) is 35.3 Å². The van der Waals surface area contributed by atoms with Crippen LogP contribution in [0.4, 0.5) is 10.5 Å². The molecule has 0 unspecified atom stereocenters. The number of rotatable bonds is 9. The quantitative estimate of drug-likeness (QED) is 0.203. The van der Waals surface area contributed by atoms with Crippen molar-refractivity contribution in [3.05, 3.63) is 81.3 Å². The molecular formula is C27H22BrClN2O7. The summed E-state index contributed by atoms with van der Waals surface area (Å²) in [7, 11) is 3.01. The van der Waals surface area contributed by atoms with Gasteiger partial charge in [0.2, 0.25) is 0 Å². The number of ether oxygens (including phenoxy) is 4. The highest BCUT2D eigenvalue weighted by molar-refractivity contribution is 9.10. The first-order valence-electron chi connectivity index (χ1n) is 11.2. The third kappa shape index (κ3) is 6.09. The first kappa shape index (κ1) is 27.0. The highest BCUT2D eigenvalue weighted by atomic mass is 79.9. The van der Waals surface area contributed by atoms with Crippen LogP contribution in [0, 0.1) is 0 Å². The Balaban J connectivity index is 1.51. The van der Waals surface area contributed by atoms with E-state index in [2.05, 4.69) is 21.2 Å². The molecule has 38 heavy (non-hydrogen) atoms. The molecule has 1 saturated heterocycles. The predicted molar refractivity (Wildman–Crippen MR) is 145 cm³/mol. The molecule has 0 aromatic heterocycles. The molecule has 11 heteroatoms. The van der Waals surface area contributed by atoms with Crippen molar-refractivity contribution >= 4 is 57.1 Å². The highest BCUT2D eigenvalue weighted by Crippen LogP contribution is 2.37. The predicted octanol–water partition coefficient (Wildman–Crippen LogP) is 5.24. The summed E-state index contributed by atoms with van der Waals surface area (Å²) in [6.07, 6.45) is 1.33. The number of methoxy groups -OCH3 is 2. The molecule has 1 heterocycles. The average Bonchev–Trinajstić information content (AvgIpc) is 2.90. The lowest BCUT2D eigenvalue weighted by atomic mass is 10.1. The second-order valence-electron chi connectivity index (χ2n) is 7.84. The summed E-state index contributed by atoms with van der Waals surface area (Å²) in [5.74, 6) is 0.267. The number of urea groups is 1. The zero-order valence-electron chi connectivity index (χ0n) is 20.3. The van der Waals surface area contributed by atoms with Crippen LogP contribution in [0.3, 0.4) is 0 Å². The molecule has 196 valence electrons. The summed E-state index contributed by atoms with van der Waals surface area (Å²) >= 11 is 9.77. The van der Waals surface area contributed by atoms with Crippen molar-refractivity contribution in [3.8, 4) is 23.0 Å². The third-order valence-electron chi connectivity index (χ3n) is 5.39. The molecule has 4 rings (SSSR count). The minimum Gasteiger partial charge on any atom is -0.497 e. The fraction of sp³-hybridized carbons (Fsp3) is 0.148. The molecule has 0 spiro atoms. The number of nitrogens with one attached hydrogen (secondary N) is 1. The van der Waals surface area contributed by atoms with Crippen LogP contribution in [0.2, 0.25) is 5.02 Å². The van der Waals surface area contributed by atoms with Crippen molar-refractivity contribution in [2.45, 2.75) is 0 Å². The van der Waals surface area contributed by atoms with Gasteiger partial charge in [-0.1, -0.05) is 33.6 Å². The van der Waals surface area contributed by atoms with E-state index in [1.807, 2.05) is 12.1 Å². The maximum atomic E-state index is 13.1. The highest BCUT2D eigenvalue weighted by Gasteiger charge is 2.36. The Hall–Kier alpha value is -4.02. The van der Waals surface area contributed by atoms with Gasteiger partial charge in [0.15, 0.2) is 11.5 Å². The third-order valence-corrected chi connectivity index (χ3v) is 6.20. The van der Waals surface area contributed by atoms with Crippen LogP contribution in [0.5, 0.6) is 23.0 Å². The van der Waals surface area contributed by atoms with Gasteiger partial charge in [-0.25, -0.2) is 9.69 Å². The number of halogens is 2. The lowest BCUT2D eigenvalue weighted by molar-refractivity contribution is -0.122. The second-order valence-corrected chi connectivity index (χ2v) is 9.17. The van der Waals surface area contributed by atoms with Crippen LogP contribution < -0.4 is 29.2 Å². The number of benzene rings is 3. The minimum absolute atomic E-state index is 0.166. The molecule has 1 N–H and O–H groups in total.